The molecule has 1 saturated heterocycles. The van der Waals surface area contributed by atoms with E-state index in [9.17, 15) is 31.4 Å². The molecule has 0 saturated carbocycles. The van der Waals surface area contributed by atoms with E-state index in [-0.39, 0.29) is 11.3 Å². The Hall–Kier alpha value is -3.92. The molecular formula is C34H31F6NO3. The van der Waals surface area contributed by atoms with E-state index in [1.807, 2.05) is 42.5 Å². The Labute approximate surface area is 250 Å². The van der Waals surface area contributed by atoms with Gasteiger partial charge in [0.2, 0.25) is 0 Å². The number of fused-ring (bicyclic) bond motifs is 5. The number of ether oxygens (including phenoxy) is 2. The van der Waals surface area contributed by atoms with Gasteiger partial charge >= 0.3 is 12.4 Å². The molecule has 0 spiro atoms. The van der Waals surface area contributed by atoms with Crippen molar-refractivity contribution < 1.29 is 40.9 Å². The number of morpholine rings is 1. The van der Waals surface area contributed by atoms with Crippen LogP contribution in [0.25, 0.3) is 33.0 Å². The monoisotopic (exact) mass is 615 g/mol. The first kappa shape index (κ1) is 30.1. The Morgan fingerprint density at radius 1 is 0.795 bits per heavy atom. The summed E-state index contributed by atoms with van der Waals surface area (Å²) < 4.78 is 94.1. The third kappa shape index (κ3) is 5.56. The van der Waals surface area contributed by atoms with E-state index < -0.39 is 43.5 Å². The van der Waals surface area contributed by atoms with Crippen LogP contribution in [0.15, 0.2) is 66.7 Å². The van der Waals surface area contributed by atoms with Crippen LogP contribution in [-0.2, 0) is 10.2 Å². The van der Waals surface area contributed by atoms with E-state index in [0.29, 0.717) is 70.8 Å². The zero-order valence-corrected chi connectivity index (χ0v) is 24.0. The molecule has 232 valence electrons. The van der Waals surface area contributed by atoms with Crippen molar-refractivity contribution in [2.45, 2.75) is 43.5 Å². The first-order valence-electron chi connectivity index (χ1n) is 14.4. The largest absolute Gasteiger partial charge is 0.507 e. The lowest BCUT2D eigenvalue weighted by atomic mass is 9.70. The molecule has 1 aliphatic carbocycles. The van der Waals surface area contributed by atoms with Crippen molar-refractivity contribution in [2.24, 2.45) is 0 Å². The van der Waals surface area contributed by atoms with Gasteiger partial charge in [-0.15, -0.1) is 0 Å². The molecule has 1 fully saturated rings. The predicted octanol–water partition coefficient (Wildman–Crippen LogP) is 9.01. The number of hydrogen-bond acceptors (Lipinski definition) is 4. The molecular weight excluding hydrogens is 584 g/mol. The summed E-state index contributed by atoms with van der Waals surface area (Å²) in [6, 6.07) is 19.4. The highest BCUT2D eigenvalue weighted by molar-refractivity contribution is 6.07. The summed E-state index contributed by atoms with van der Waals surface area (Å²) in [5.41, 5.74) is 2.31. The number of rotatable bonds is 7. The summed E-state index contributed by atoms with van der Waals surface area (Å²) in [6.45, 7) is 2.12. The molecule has 1 heterocycles. The van der Waals surface area contributed by atoms with E-state index in [2.05, 4.69) is 4.90 Å². The molecule has 44 heavy (non-hydrogen) atoms. The Bertz CT molecular complexity index is 1660. The van der Waals surface area contributed by atoms with Gasteiger partial charge < -0.3 is 19.5 Å². The molecule has 4 aromatic rings. The Balaban J connectivity index is 1.66. The lowest BCUT2D eigenvalue weighted by molar-refractivity contribution is -0.143. The van der Waals surface area contributed by atoms with Crippen LogP contribution in [0, 0.1) is 0 Å². The van der Waals surface area contributed by atoms with Crippen molar-refractivity contribution >= 4 is 16.5 Å². The molecule has 0 amide bonds. The van der Waals surface area contributed by atoms with Crippen molar-refractivity contribution in [2.75, 3.05) is 38.3 Å². The average Bonchev–Trinajstić information content (AvgIpc) is 3.27. The second kappa shape index (κ2) is 11.2. The number of methoxy groups -OCH3 is 1. The summed E-state index contributed by atoms with van der Waals surface area (Å²) >= 11 is 0. The maximum atomic E-state index is 13.8. The number of nitrogens with zero attached hydrogens (tertiary/aromatic N) is 1. The van der Waals surface area contributed by atoms with Gasteiger partial charge in [0.25, 0.3) is 0 Å². The van der Waals surface area contributed by atoms with E-state index in [1.165, 1.54) is 13.2 Å². The summed E-state index contributed by atoms with van der Waals surface area (Å²) in [4.78, 5) is 2.06. The first-order chi connectivity index (χ1) is 20.9. The SMILES string of the molecule is COc1cc2c(O)cc3c(c2cc1N1CCOCC1)-c1ccc(-c2ccccc2)cc1C3(CCC(F)(F)F)CCC(F)(F)F. The second-order valence-corrected chi connectivity index (χ2v) is 11.4. The third-order valence-corrected chi connectivity index (χ3v) is 8.86. The van der Waals surface area contributed by atoms with Crippen LogP contribution in [0.5, 0.6) is 11.5 Å². The minimum atomic E-state index is -4.60. The summed E-state index contributed by atoms with van der Waals surface area (Å²) in [7, 11) is 1.51. The van der Waals surface area contributed by atoms with Crippen LogP contribution in [0.4, 0.5) is 32.0 Å². The highest BCUT2D eigenvalue weighted by atomic mass is 19.4. The van der Waals surface area contributed by atoms with Crippen LogP contribution in [0.2, 0.25) is 0 Å². The minimum Gasteiger partial charge on any atom is -0.507 e. The number of alkyl halides is 6. The van der Waals surface area contributed by atoms with E-state index in [1.54, 1.807) is 18.2 Å². The summed E-state index contributed by atoms with van der Waals surface area (Å²) in [6.07, 6.45) is -12.9. The maximum absolute atomic E-state index is 13.8. The molecule has 4 aromatic carbocycles. The number of anilines is 1. The van der Waals surface area contributed by atoms with Gasteiger partial charge in [0.1, 0.15) is 11.5 Å². The van der Waals surface area contributed by atoms with Crippen LogP contribution >= 0.6 is 0 Å². The smallest absolute Gasteiger partial charge is 0.389 e. The van der Waals surface area contributed by atoms with Gasteiger partial charge in [0.05, 0.1) is 26.0 Å². The third-order valence-electron chi connectivity index (χ3n) is 8.86. The number of hydrogen-bond donors (Lipinski definition) is 1. The van der Waals surface area contributed by atoms with Crippen molar-refractivity contribution in [1.29, 1.82) is 0 Å². The van der Waals surface area contributed by atoms with Gasteiger partial charge in [-0.25, -0.2) is 0 Å². The predicted molar refractivity (Wildman–Crippen MR) is 157 cm³/mol. The standard InChI is InChI=1S/C34H31F6NO3/c1-43-30-19-24-25(18-28(30)41-13-15-44-16-14-41)31-23-8-7-22(21-5-3-2-4-6-21)17-26(23)32(9-11-33(35,36)37,10-12-34(38,39)40)27(31)20-29(24)42/h2-8,17-20,42H,9-16H2,1H3. The van der Waals surface area contributed by atoms with Gasteiger partial charge in [-0.05, 0) is 75.9 Å². The highest BCUT2D eigenvalue weighted by Gasteiger charge is 2.48. The zero-order valence-electron chi connectivity index (χ0n) is 24.0. The number of aromatic hydroxyl groups is 1. The Morgan fingerprint density at radius 2 is 1.45 bits per heavy atom. The molecule has 10 heteroatoms. The van der Waals surface area contributed by atoms with Gasteiger partial charge in [-0.3, -0.25) is 0 Å². The highest BCUT2D eigenvalue weighted by Crippen LogP contribution is 2.59. The quantitative estimate of drug-likeness (QED) is 0.211. The molecule has 1 N–H and O–H groups in total. The van der Waals surface area contributed by atoms with Crippen LogP contribution in [0.3, 0.4) is 0 Å². The molecule has 0 aromatic heterocycles. The fourth-order valence-corrected chi connectivity index (χ4v) is 6.79. The normalized spacial score (nSPS) is 16.2. The molecule has 0 bridgehead atoms. The van der Waals surface area contributed by atoms with Crippen molar-refractivity contribution in [1.82, 2.24) is 0 Å². The van der Waals surface area contributed by atoms with Gasteiger partial charge in [-0.2, -0.15) is 26.3 Å². The van der Waals surface area contributed by atoms with Crippen molar-refractivity contribution in [3.8, 4) is 33.8 Å². The topological polar surface area (TPSA) is 41.9 Å². The number of phenolic OH excluding ortho intramolecular Hbond substituents is 1. The average molecular weight is 616 g/mol. The molecule has 2 aliphatic rings. The fourth-order valence-electron chi connectivity index (χ4n) is 6.79. The van der Waals surface area contributed by atoms with Gasteiger partial charge in [0, 0.05) is 36.7 Å². The lowest BCUT2D eigenvalue weighted by Gasteiger charge is -2.34. The molecule has 1 aliphatic heterocycles. The fraction of sp³-hybridized carbons (Fsp3) is 0.353. The van der Waals surface area contributed by atoms with Crippen LogP contribution < -0.4 is 9.64 Å². The Kier molecular flexibility index (Phi) is 7.68. The first-order valence-corrected chi connectivity index (χ1v) is 14.4. The van der Waals surface area contributed by atoms with Crippen molar-refractivity contribution in [3.63, 3.8) is 0 Å². The Morgan fingerprint density at radius 3 is 2.07 bits per heavy atom. The van der Waals surface area contributed by atoms with Gasteiger partial charge in [-0.1, -0.05) is 42.5 Å². The van der Waals surface area contributed by atoms with Crippen molar-refractivity contribution in [3.05, 3.63) is 77.9 Å². The minimum absolute atomic E-state index is 0.231. The number of halogens is 6. The number of phenols is 1. The van der Waals surface area contributed by atoms with E-state index >= 15 is 0 Å². The molecule has 0 unspecified atom stereocenters. The molecule has 4 nitrogen and oxygen atoms in total. The van der Waals surface area contributed by atoms with Crippen LogP contribution in [0.1, 0.15) is 36.8 Å². The summed E-state index contributed by atoms with van der Waals surface area (Å²) in [5, 5.41) is 12.3. The van der Waals surface area contributed by atoms with E-state index in [4.69, 9.17) is 9.47 Å². The molecule has 6 rings (SSSR count). The summed E-state index contributed by atoms with van der Waals surface area (Å²) in [5.74, 6) is 0.262. The van der Waals surface area contributed by atoms with Gasteiger partial charge in [0.15, 0.2) is 0 Å². The zero-order chi connectivity index (χ0) is 31.3. The maximum Gasteiger partial charge on any atom is 0.389 e. The molecule has 0 atom stereocenters. The lowest BCUT2D eigenvalue weighted by Crippen LogP contribution is -2.36. The number of benzene rings is 4. The van der Waals surface area contributed by atoms with E-state index in [0.717, 1.165) is 5.56 Å². The molecule has 0 radical (unpaired) electrons. The second-order valence-electron chi connectivity index (χ2n) is 11.4. The van der Waals surface area contributed by atoms with Crippen LogP contribution in [-0.4, -0.2) is 50.9 Å².